The number of halogens is 1. The van der Waals surface area contributed by atoms with E-state index in [0.29, 0.717) is 22.7 Å². The Hall–Kier alpha value is -3.87. The second-order valence-corrected chi connectivity index (χ2v) is 6.14. The predicted octanol–water partition coefficient (Wildman–Crippen LogP) is 3.52. The topological polar surface area (TPSA) is 90.7 Å². The molecule has 6 nitrogen and oxygen atoms in total. The van der Waals surface area contributed by atoms with Gasteiger partial charge in [-0.3, -0.25) is 9.59 Å². The zero-order chi connectivity index (χ0) is 20.6. The third kappa shape index (κ3) is 5.80. The number of benzene rings is 3. The van der Waals surface area contributed by atoms with Gasteiger partial charge in [0.15, 0.2) is 6.61 Å². The Morgan fingerprint density at radius 1 is 0.897 bits per heavy atom. The second kappa shape index (κ2) is 9.36. The van der Waals surface area contributed by atoms with Crippen LogP contribution in [-0.2, 0) is 11.4 Å². The van der Waals surface area contributed by atoms with Gasteiger partial charge in [0.25, 0.3) is 11.8 Å². The highest BCUT2D eigenvalue weighted by Gasteiger charge is 2.13. The fourth-order valence-corrected chi connectivity index (χ4v) is 2.51. The minimum atomic E-state index is -0.570. The van der Waals surface area contributed by atoms with E-state index in [4.69, 9.17) is 15.2 Å². The van der Waals surface area contributed by atoms with Crippen molar-refractivity contribution in [2.24, 2.45) is 5.73 Å². The lowest BCUT2D eigenvalue weighted by Crippen LogP contribution is -2.20. The highest BCUT2D eigenvalue weighted by atomic mass is 19.1. The maximum absolute atomic E-state index is 13.0. The SMILES string of the molecule is NC(=O)COc1ccc(NC(=O)c2ccccc2OCc2ccc(F)cc2)cc1. The lowest BCUT2D eigenvalue weighted by Gasteiger charge is -2.12. The Kier molecular flexibility index (Phi) is 6.42. The molecule has 0 bridgehead atoms. The summed E-state index contributed by atoms with van der Waals surface area (Å²) in [4.78, 5) is 23.4. The molecule has 0 aliphatic carbocycles. The van der Waals surface area contributed by atoms with Crippen LogP contribution in [-0.4, -0.2) is 18.4 Å². The molecule has 3 aromatic carbocycles. The fraction of sp³-hybridized carbons (Fsp3) is 0.0909. The molecule has 0 unspecified atom stereocenters. The number of hydrogen-bond donors (Lipinski definition) is 2. The Bertz CT molecular complexity index is 988. The number of rotatable bonds is 8. The average molecular weight is 394 g/mol. The van der Waals surface area contributed by atoms with Gasteiger partial charge in [-0.1, -0.05) is 24.3 Å². The van der Waals surface area contributed by atoms with Gasteiger partial charge in [-0.2, -0.15) is 0 Å². The van der Waals surface area contributed by atoms with E-state index in [2.05, 4.69) is 5.32 Å². The molecule has 0 fully saturated rings. The summed E-state index contributed by atoms with van der Waals surface area (Å²) < 4.78 is 23.9. The first-order valence-corrected chi connectivity index (χ1v) is 8.80. The second-order valence-electron chi connectivity index (χ2n) is 6.14. The first-order valence-electron chi connectivity index (χ1n) is 8.80. The summed E-state index contributed by atoms with van der Waals surface area (Å²) >= 11 is 0. The Morgan fingerprint density at radius 3 is 2.28 bits per heavy atom. The molecule has 29 heavy (non-hydrogen) atoms. The van der Waals surface area contributed by atoms with Crippen molar-refractivity contribution in [1.82, 2.24) is 0 Å². The van der Waals surface area contributed by atoms with Crippen molar-refractivity contribution in [1.29, 1.82) is 0 Å². The summed E-state index contributed by atoms with van der Waals surface area (Å²) in [7, 11) is 0. The van der Waals surface area contributed by atoms with Crippen LogP contribution in [0, 0.1) is 5.82 Å². The molecular weight excluding hydrogens is 375 g/mol. The van der Waals surface area contributed by atoms with E-state index < -0.39 is 5.91 Å². The van der Waals surface area contributed by atoms with Gasteiger partial charge in [-0.05, 0) is 54.1 Å². The number of primary amides is 1. The predicted molar refractivity (Wildman–Crippen MR) is 106 cm³/mol. The molecule has 0 radical (unpaired) electrons. The molecule has 7 heteroatoms. The van der Waals surface area contributed by atoms with Gasteiger partial charge in [0.05, 0.1) is 5.56 Å². The maximum Gasteiger partial charge on any atom is 0.259 e. The van der Waals surface area contributed by atoms with Crippen molar-refractivity contribution >= 4 is 17.5 Å². The minimum Gasteiger partial charge on any atom is -0.488 e. The van der Waals surface area contributed by atoms with Crippen molar-refractivity contribution in [3.8, 4) is 11.5 Å². The number of ether oxygens (including phenoxy) is 2. The number of anilines is 1. The van der Waals surface area contributed by atoms with E-state index in [1.165, 1.54) is 12.1 Å². The molecule has 3 rings (SSSR count). The standard InChI is InChI=1S/C22H19FN2O4/c23-16-7-5-15(6-8-16)13-29-20-4-2-1-3-19(20)22(27)25-17-9-11-18(12-10-17)28-14-21(24)26/h1-12H,13-14H2,(H2,24,26)(H,25,27). The van der Waals surface area contributed by atoms with E-state index >= 15 is 0 Å². The highest BCUT2D eigenvalue weighted by Crippen LogP contribution is 2.22. The molecule has 0 atom stereocenters. The normalized spacial score (nSPS) is 10.2. The van der Waals surface area contributed by atoms with Gasteiger partial charge in [0.1, 0.15) is 23.9 Å². The molecule has 0 aromatic heterocycles. The number of carbonyl (C=O) groups is 2. The molecule has 0 heterocycles. The fourth-order valence-electron chi connectivity index (χ4n) is 2.51. The van der Waals surface area contributed by atoms with E-state index in [-0.39, 0.29) is 24.9 Å². The van der Waals surface area contributed by atoms with Gasteiger partial charge < -0.3 is 20.5 Å². The van der Waals surface area contributed by atoms with Crippen LogP contribution in [0.2, 0.25) is 0 Å². The Balaban J connectivity index is 1.64. The van der Waals surface area contributed by atoms with Gasteiger partial charge >= 0.3 is 0 Å². The molecule has 148 valence electrons. The van der Waals surface area contributed by atoms with E-state index in [9.17, 15) is 14.0 Å². The molecule has 0 aliphatic heterocycles. The van der Waals surface area contributed by atoms with Gasteiger partial charge in [0, 0.05) is 5.69 Å². The summed E-state index contributed by atoms with van der Waals surface area (Å²) in [5.41, 5.74) is 6.73. The van der Waals surface area contributed by atoms with Crippen LogP contribution in [0.15, 0.2) is 72.8 Å². The van der Waals surface area contributed by atoms with Crippen molar-refractivity contribution in [3.05, 3.63) is 89.7 Å². The van der Waals surface area contributed by atoms with Crippen molar-refractivity contribution in [2.45, 2.75) is 6.61 Å². The number of para-hydroxylation sites is 1. The van der Waals surface area contributed by atoms with Crippen LogP contribution in [0.5, 0.6) is 11.5 Å². The van der Waals surface area contributed by atoms with Crippen molar-refractivity contribution < 1.29 is 23.5 Å². The molecule has 3 N–H and O–H groups in total. The van der Waals surface area contributed by atoms with Crippen LogP contribution in [0.3, 0.4) is 0 Å². The molecule has 0 saturated carbocycles. The number of nitrogens with two attached hydrogens (primary N) is 1. The summed E-state index contributed by atoms with van der Waals surface area (Å²) in [6.07, 6.45) is 0. The lowest BCUT2D eigenvalue weighted by molar-refractivity contribution is -0.119. The van der Waals surface area contributed by atoms with Crippen LogP contribution in [0.25, 0.3) is 0 Å². The van der Waals surface area contributed by atoms with Crippen LogP contribution in [0.4, 0.5) is 10.1 Å². The smallest absolute Gasteiger partial charge is 0.259 e. The highest BCUT2D eigenvalue weighted by molar-refractivity contribution is 6.06. The number of carbonyl (C=O) groups excluding carboxylic acids is 2. The molecule has 0 spiro atoms. The van der Waals surface area contributed by atoms with E-state index in [0.717, 1.165) is 5.56 Å². The van der Waals surface area contributed by atoms with Gasteiger partial charge in [-0.25, -0.2) is 4.39 Å². The summed E-state index contributed by atoms with van der Waals surface area (Å²) in [5.74, 6) is -0.356. The number of amides is 2. The average Bonchev–Trinajstić information content (AvgIpc) is 2.73. The minimum absolute atomic E-state index is 0.205. The van der Waals surface area contributed by atoms with E-state index in [1.54, 1.807) is 60.7 Å². The zero-order valence-electron chi connectivity index (χ0n) is 15.4. The molecule has 3 aromatic rings. The maximum atomic E-state index is 13.0. The molecule has 0 aliphatic rings. The monoisotopic (exact) mass is 394 g/mol. The van der Waals surface area contributed by atoms with E-state index in [1.807, 2.05) is 0 Å². The van der Waals surface area contributed by atoms with Gasteiger partial charge in [-0.15, -0.1) is 0 Å². The van der Waals surface area contributed by atoms with Gasteiger partial charge in [0.2, 0.25) is 0 Å². The molecule has 0 saturated heterocycles. The van der Waals surface area contributed by atoms with Crippen LogP contribution in [0.1, 0.15) is 15.9 Å². The molecular formula is C22H19FN2O4. The molecule has 2 amide bonds. The van der Waals surface area contributed by atoms with Crippen LogP contribution >= 0.6 is 0 Å². The largest absolute Gasteiger partial charge is 0.488 e. The van der Waals surface area contributed by atoms with Crippen molar-refractivity contribution in [2.75, 3.05) is 11.9 Å². The number of hydrogen-bond acceptors (Lipinski definition) is 4. The first-order chi connectivity index (χ1) is 14.0. The van der Waals surface area contributed by atoms with Crippen LogP contribution < -0.4 is 20.5 Å². The zero-order valence-corrected chi connectivity index (χ0v) is 15.4. The number of nitrogens with one attached hydrogen (secondary N) is 1. The summed E-state index contributed by atoms with van der Waals surface area (Å²) in [6, 6.07) is 19.3. The third-order valence-corrected chi connectivity index (χ3v) is 3.93. The lowest BCUT2D eigenvalue weighted by atomic mass is 10.1. The quantitative estimate of drug-likeness (QED) is 0.612. The first kappa shape index (κ1) is 19.9. The Labute approximate surface area is 167 Å². The Morgan fingerprint density at radius 2 is 1.59 bits per heavy atom. The third-order valence-electron chi connectivity index (χ3n) is 3.93. The summed E-state index contributed by atoms with van der Waals surface area (Å²) in [5, 5.41) is 2.78. The summed E-state index contributed by atoms with van der Waals surface area (Å²) in [6.45, 7) is -0.0129. The van der Waals surface area contributed by atoms with Crippen molar-refractivity contribution in [3.63, 3.8) is 0 Å².